The number of sulfonamides is 1. The largest absolute Gasteiger partial charge is 0.316 e. The van der Waals surface area contributed by atoms with Gasteiger partial charge in [0.1, 0.15) is 0 Å². The Morgan fingerprint density at radius 1 is 1.40 bits per heavy atom. The molecule has 1 aliphatic rings. The van der Waals surface area contributed by atoms with Crippen LogP contribution >= 0.6 is 0 Å². The highest BCUT2D eigenvalue weighted by atomic mass is 32.2. The van der Waals surface area contributed by atoms with Gasteiger partial charge in [-0.1, -0.05) is 0 Å². The lowest BCUT2D eigenvalue weighted by atomic mass is 9.99. The van der Waals surface area contributed by atoms with E-state index in [-0.39, 0.29) is 12.3 Å². The fourth-order valence-electron chi connectivity index (χ4n) is 1.65. The van der Waals surface area contributed by atoms with Crippen molar-refractivity contribution in [2.24, 2.45) is 11.8 Å². The van der Waals surface area contributed by atoms with E-state index in [4.69, 9.17) is 0 Å². The third-order valence-corrected chi connectivity index (χ3v) is 4.66. The van der Waals surface area contributed by atoms with E-state index in [9.17, 15) is 17.2 Å². The highest BCUT2D eigenvalue weighted by molar-refractivity contribution is 7.89. The van der Waals surface area contributed by atoms with Crippen LogP contribution in [0.25, 0.3) is 0 Å². The van der Waals surface area contributed by atoms with Gasteiger partial charge in [0.25, 0.3) is 0 Å². The summed E-state index contributed by atoms with van der Waals surface area (Å²) in [7, 11) is -0.564. The number of hydrogen-bond donors (Lipinski definition) is 1. The second-order valence-corrected chi connectivity index (χ2v) is 6.21. The molecule has 2 atom stereocenters. The van der Waals surface area contributed by atoms with Crippen molar-refractivity contribution >= 4 is 10.0 Å². The molecular formula is C8H16F2N2O2S. The minimum Gasteiger partial charge on any atom is -0.316 e. The van der Waals surface area contributed by atoms with E-state index in [0.29, 0.717) is 6.54 Å². The van der Waals surface area contributed by atoms with Crippen LogP contribution in [0, 0.1) is 11.8 Å². The Hall–Kier alpha value is -0.270. The predicted molar refractivity (Wildman–Crippen MR) is 53.3 cm³/mol. The first-order valence-electron chi connectivity index (χ1n) is 4.73. The summed E-state index contributed by atoms with van der Waals surface area (Å²) in [6, 6.07) is 0. The Balaban J connectivity index is 2.66. The van der Waals surface area contributed by atoms with Gasteiger partial charge in [0.05, 0.1) is 5.75 Å². The van der Waals surface area contributed by atoms with Crippen LogP contribution in [0.15, 0.2) is 0 Å². The van der Waals surface area contributed by atoms with Gasteiger partial charge >= 0.3 is 0 Å². The summed E-state index contributed by atoms with van der Waals surface area (Å²) >= 11 is 0. The van der Waals surface area contributed by atoms with Crippen LogP contribution < -0.4 is 5.32 Å². The lowest BCUT2D eigenvalue weighted by molar-refractivity contribution is 0.0688. The van der Waals surface area contributed by atoms with Crippen molar-refractivity contribution in [2.45, 2.75) is 6.43 Å². The highest BCUT2D eigenvalue weighted by Gasteiger charge is 2.37. The molecule has 0 aliphatic carbocycles. The van der Waals surface area contributed by atoms with Crippen molar-refractivity contribution in [3.63, 3.8) is 0 Å². The summed E-state index contributed by atoms with van der Waals surface area (Å²) in [5.74, 6) is -1.54. The molecule has 0 aromatic carbocycles. The van der Waals surface area contributed by atoms with E-state index in [1.807, 2.05) is 0 Å². The van der Waals surface area contributed by atoms with Crippen LogP contribution in [0.1, 0.15) is 0 Å². The zero-order valence-corrected chi connectivity index (χ0v) is 9.60. The van der Waals surface area contributed by atoms with Crippen molar-refractivity contribution in [3.05, 3.63) is 0 Å². The van der Waals surface area contributed by atoms with Crippen LogP contribution in [0.5, 0.6) is 0 Å². The molecule has 0 aromatic heterocycles. The first-order chi connectivity index (χ1) is 6.84. The van der Waals surface area contributed by atoms with Crippen molar-refractivity contribution < 1.29 is 17.2 Å². The van der Waals surface area contributed by atoms with E-state index < -0.39 is 28.3 Å². The van der Waals surface area contributed by atoms with Crippen LogP contribution in [0.3, 0.4) is 0 Å². The van der Waals surface area contributed by atoms with Crippen LogP contribution in [-0.2, 0) is 10.0 Å². The van der Waals surface area contributed by atoms with Crippen LogP contribution in [-0.4, -0.2) is 52.1 Å². The minimum atomic E-state index is -3.39. The Morgan fingerprint density at radius 3 is 2.47 bits per heavy atom. The number of rotatable bonds is 4. The maximum Gasteiger partial charge on any atom is 0.242 e. The molecule has 90 valence electrons. The number of nitrogens with one attached hydrogen (secondary N) is 1. The summed E-state index contributed by atoms with van der Waals surface area (Å²) in [6.07, 6.45) is -2.46. The molecule has 0 spiro atoms. The van der Waals surface area contributed by atoms with Gasteiger partial charge in [-0.15, -0.1) is 0 Å². The average Bonchev–Trinajstić information content (AvgIpc) is 2.51. The predicted octanol–water partition coefficient (Wildman–Crippen LogP) is -0.0215. The topological polar surface area (TPSA) is 49.4 Å². The molecule has 15 heavy (non-hydrogen) atoms. The third-order valence-electron chi connectivity index (χ3n) is 2.70. The normalized spacial score (nSPS) is 27.9. The Bertz CT molecular complexity index is 306. The molecule has 2 unspecified atom stereocenters. The molecule has 1 aliphatic heterocycles. The van der Waals surface area contributed by atoms with Gasteiger partial charge in [-0.3, -0.25) is 0 Å². The van der Waals surface area contributed by atoms with E-state index >= 15 is 0 Å². The Kier molecular flexibility index (Phi) is 4.02. The smallest absolute Gasteiger partial charge is 0.242 e. The van der Waals surface area contributed by atoms with Gasteiger partial charge in [-0.2, -0.15) is 0 Å². The lowest BCUT2D eigenvalue weighted by Gasteiger charge is -2.19. The summed E-state index contributed by atoms with van der Waals surface area (Å²) in [4.78, 5) is 0. The van der Waals surface area contributed by atoms with Crippen molar-refractivity contribution in [1.82, 2.24) is 9.62 Å². The first kappa shape index (κ1) is 12.8. The van der Waals surface area contributed by atoms with Gasteiger partial charge < -0.3 is 5.32 Å². The molecule has 0 amide bonds. The van der Waals surface area contributed by atoms with Gasteiger partial charge in [-0.25, -0.2) is 21.5 Å². The monoisotopic (exact) mass is 242 g/mol. The summed E-state index contributed by atoms with van der Waals surface area (Å²) < 4.78 is 49.1. The van der Waals surface area contributed by atoms with E-state index in [1.165, 1.54) is 14.1 Å². The molecule has 1 fully saturated rings. The van der Waals surface area contributed by atoms with Crippen molar-refractivity contribution in [3.8, 4) is 0 Å². The van der Waals surface area contributed by atoms with Gasteiger partial charge in [-0.05, 0) is 12.5 Å². The molecule has 4 nitrogen and oxygen atoms in total. The molecule has 0 bridgehead atoms. The van der Waals surface area contributed by atoms with E-state index in [2.05, 4.69) is 5.32 Å². The quantitative estimate of drug-likeness (QED) is 0.753. The molecule has 1 saturated heterocycles. The van der Waals surface area contributed by atoms with Crippen molar-refractivity contribution in [2.75, 3.05) is 32.9 Å². The Labute approximate surface area is 88.7 Å². The second-order valence-electron chi connectivity index (χ2n) is 3.98. The first-order valence-corrected chi connectivity index (χ1v) is 6.34. The van der Waals surface area contributed by atoms with Crippen molar-refractivity contribution in [1.29, 1.82) is 0 Å². The Morgan fingerprint density at radius 2 is 2.00 bits per heavy atom. The zero-order chi connectivity index (χ0) is 11.6. The number of halogens is 2. The maximum absolute atomic E-state index is 12.5. The number of alkyl halides is 2. The summed E-state index contributed by atoms with van der Waals surface area (Å²) in [5, 5.41) is 2.80. The minimum absolute atomic E-state index is 0.200. The molecule has 1 N–H and O–H groups in total. The fraction of sp³-hybridized carbons (Fsp3) is 1.00. The molecule has 0 radical (unpaired) electrons. The molecule has 7 heteroatoms. The maximum atomic E-state index is 12.5. The average molecular weight is 242 g/mol. The summed E-state index contributed by atoms with van der Waals surface area (Å²) in [6.45, 7) is 0.549. The molecule has 0 aromatic rings. The molecular weight excluding hydrogens is 226 g/mol. The van der Waals surface area contributed by atoms with E-state index in [0.717, 1.165) is 4.31 Å². The van der Waals surface area contributed by atoms with E-state index in [1.54, 1.807) is 0 Å². The van der Waals surface area contributed by atoms with Crippen LogP contribution in [0.2, 0.25) is 0 Å². The summed E-state index contributed by atoms with van der Waals surface area (Å²) in [5.41, 5.74) is 0. The van der Waals surface area contributed by atoms with Gasteiger partial charge in [0.15, 0.2) is 0 Å². The fourth-order valence-corrected chi connectivity index (χ4v) is 2.85. The standard InChI is InChI=1S/C8H16F2N2O2S/c1-12(2)15(13,14)5-6-3-11-4-7(6)8(9)10/h6-8,11H,3-5H2,1-2H3. The van der Waals surface area contributed by atoms with Gasteiger partial charge in [0.2, 0.25) is 16.4 Å². The molecule has 0 saturated carbocycles. The molecule has 1 rings (SSSR count). The highest BCUT2D eigenvalue weighted by Crippen LogP contribution is 2.25. The zero-order valence-electron chi connectivity index (χ0n) is 8.78. The van der Waals surface area contributed by atoms with Gasteiger partial charge in [0, 0.05) is 26.6 Å². The molecule has 1 heterocycles. The SMILES string of the molecule is CN(C)S(=O)(=O)CC1CNCC1C(F)F. The second kappa shape index (κ2) is 4.71. The number of hydrogen-bond acceptors (Lipinski definition) is 3. The third kappa shape index (κ3) is 3.09. The number of nitrogens with zero attached hydrogens (tertiary/aromatic N) is 1. The lowest BCUT2D eigenvalue weighted by Crippen LogP contribution is -2.33. The van der Waals surface area contributed by atoms with Crippen LogP contribution in [0.4, 0.5) is 8.78 Å².